The average Bonchev–Trinajstić information content (AvgIpc) is 2.70. The summed E-state index contributed by atoms with van der Waals surface area (Å²) in [6.07, 6.45) is 3.95. The van der Waals surface area contributed by atoms with Crippen molar-refractivity contribution in [3.05, 3.63) is 60.4 Å². The minimum atomic E-state index is 0.140. The molecule has 0 bridgehead atoms. The van der Waals surface area contributed by atoms with E-state index in [1.165, 1.54) is 5.56 Å². The Morgan fingerprint density at radius 1 is 1.04 bits per heavy atom. The van der Waals surface area contributed by atoms with E-state index in [9.17, 15) is 0 Å². The number of anilines is 1. The van der Waals surface area contributed by atoms with Crippen LogP contribution in [0.3, 0.4) is 0 Å². The van der Waals surface area contributed by atoms with Crippen LogP contribution >= 0.6 is 0 Å². The Morgan fingerprint density at radius 3 is 2.59 bits per heavy atom. The molecule has 4 rings (SSSR count). The lowest BCUT2D eigenvalue weighted by Crippen LogP contribution is -2.35. The summed E-state index contributed by atoms with van der Waals surface area (Å²) in [6, 6.07) is 16.6. The van der Waals surface area contributed by atoms with E-state index in [1.807, 2.05) is 24.3 Å². The van der Waals surface area contributed by atoms with Gasteiger partial charge in [0.05, 0.1) is 10.9 Å². The van der Waals surface area contributed by atoms with Gasteiger partial charge in [0.2, 0.25) is 0 Å². The zero-order valence-corrected chi connectivity index (χ0v) is 15.9. The van der Waals surface area contributed by atoms with Crippen LogP contribution in [0.25, 0.3) is 10.9 Å². The van der Waals surface area contributed by atoms with Gasteiger partial charge in [-0.1, -0.05) is 36.4 Å². The number of rotatable bonds is 5. The van der Waals surface area contributed by atoms with Crippen LogP contribution in [-0.4, -0.2) is 41.1 Å². The third-order valence-electron chi connectivity index (χ3n) is 5.24. The molecule has 0 spiro atoms. The molecule has 0 saturated carbocycles. The van der Waals surface area contributed by atoms with Crippen molar-refractivity contribution in [3.8, 4) is 5.75 Å². The number of piperidine rings is 1. The van der Waals surface area contributed by atoms with Gasteiger partial charge in [-0.3, -0.25) is 0 Å². The quantitative estimate of drug-likeness (QED) is 0.734. The van der Waals surface area contributed by atoms with Gasteiger partial charge >= 0.3 is 0 Å². The van der Waals surface area contributed by atoms with E-state index in [1.54, 1.807) is 6.33 Å². The highest BCUT2D eigenvalue weighted by molar-refractivity contribution is 5.94. The number of ether oxygens (including phenoxy) is 1. The molecule has 5 heteroatoms. The molecular formula is C22H26N4O. The standard InChI is InChI=1S/C22H26N4O/c1-16(17-7-4-3-5-8-17)25-22-21-19(23-15-24-22)9-6-10-20(21)27-18-11-13-26(2)14-12-18/h3-10,15-16,18H,11-14H2,1-2H3,(H,23,24,25). The first-order valence-corrected chi connectivity index (χ1v) is 9.61. The molecule has 3 aromatic rings. The SMILES string of the molecule is CC(Nc1ncnc2cccc(OC3CCN(C)CC3)c12)c1ccccc1. The molecule has 1 fully saturated rings. The van der Waals surface area contributed by atoms with E-state index in [0.29, 0.717) is 0 Å². The fourth-order valence-corrected chi connectivity index (χ4v) is 3.60. The fourth-order valence-electron chi connectivity index (χ4n) is 3.60. The second kappa shape index (κ2) is 7.92. The van der Waals surface area contributed by atoms with Crippen LogP contribution in [0.4, 0.5) is 5.82 Å². The maximum absolute atomic E-state index is 6.40. The third-order valence-corrected chi connectivity index (χ3v) is 5.24. The topological polar surface area (TPSA) is 50.3 Å². The van der Waals surface area contributed by atoms with E-state index in [2.05, 4.69) is 58.4 Å². The largest absolute Gasteiger partial charge is 0.489 e. The molecular weight excluding hydrogens is 336 g/mol. The van der Waals surface area contributed by atoms with Gasteiger partial charge in [-0.05, 0) is 44.5 Å². The number of likely N-dealkylation sites (tertiary alicyclic amines) is 1. The Kier molecular flexibility index (Phi) is 5.21. The Labute approximate surface area is 160 Å². The van der Waals surface area contributed by atoms with E-state index in [0.717, 1.165) is 48.4 Å². The number of benzene rings is 2. The lowest BCUT2D eigenvalue weighted by molar-refractivity contribution is 0.116. The second-order valence-electron chi connectivity index (χ2n) is 7.27. The molecule has 1 N–H and O–H groups in total. The van der Waals surface area contributed by atoms with Crippen molar-refractivity contribution in [2.45, 2.75) is 31.9 Å². The first-order valence-electron chi connectivity index (χ1n) is 9.61. The fraction of sp³-hybridized carbons (Fsp3) is 0.364. The summed E-state index contributed by atoms with van der Waals surface area (Å²) in [5.41, 5.74) is 2.12. The summed E-state index contributed by atoms with van der Waals surface area (Å²) in [4.78, 5) is 11.3. The van der Waals surface area contributed by atoms with Crippen molar-refractivity contribution < 1.29 is 4.74 Å². The molecule has 0 radical (unpaired) electrons. The van der Waals surface area contributed by atoms with Crippen LogP contribution in [0.2, 0.25) is 0 Å². The predicted octanol–water partition coefficient (Wildman–Crippen LogP) is 4.28. The van der Waals surface area contributed by atoms with Gasteiger partial charge in [-0.2, -0.15) is 0 Å². The van der Waals surface area contributed by atoms with E-state index >= 15 is 0 Å². The van der Waals surface area contributed by atoms with Crippen molar-refractivity contribution in [3.63, 3.8) is 0 Å². The van der Waals surface area contributed by atoms with Crippen molar-refractivity contribution >= 4 is 16.7 Å². The number of hydrogen-bond donors (Lipinski definition) is 1. The minimum absolute atomic E-state index is 0.140. The van der Waals surface area contributed by atoms with E-state index in [-0.39, 0.29) is 12.1 Å². The summed E-state index contributed by atoms with van der Waals surface area (Å²) in [7, 11) is 2.16. The third kappa shape index (κ3) is 4.03. The van der Waals surface area contributed by atoms with Crippen molar-refractivity contribution in [1.82, 2.24) is 14.9 Å². The molecule has 27 heavy (non-hydrogen) atoms. The summed E-state index contributed by atoms with van der Waals surface area (Å²) in [5.74, 6) is 1.69. The van der Waals surface area contributed by atoms with Crippen LogP contribution in [0.15, 0.2) is 54.9 Å². The molecule has 1 unspecified atom stereocenters. The highest BCUT2D eigenvalue weighted by atomic mass is 16.5. The maximum atomic E-state index is 6.40. The molecule has 0 amide bonds. The molecule has 1 atom stereocenters. The molecule has 1 saturated heterocycles. The van der Waals surface area contributed by atoms with Gasteiger partial charge in [0.15, 0.2) is 0 Å². The van der Waals surface area contributed by atoms with E-state index < -0.39 is 0 Å². The lowest BCUT2D eigenvalue weighted by Gasteiger charge is -2.29. The van der Waals surface area contributed by atoms with Crippen LogP contribution < -0.4 is 10.1 Å². The van der Waals surface area contributed by atoms with Crippen molar-refractivity contribution in [2.75, 3.05) is 25.5 Å². The van der Waals surface area contributed by atoms with Gasteiger partial charge < -0.3 is 15.0 Å². The van der Waals surface area contributed by atoms with Gasteiger partial charge in [0.1, 0.15) is 24.0 Å². The smallest absolute Gasteiger partial charge is 0.141 e. The minimum Gasteiger partial charge on any atom is -0.489 e. The number of nitrogens with one attached hydrogen (secondary N) is 1. The second-order valence-corrected chi connectivity index (χ2v) is 7.27. The lowest BCUT2D eigenvalue weighted by atomic mass is 10.1. The molecule has 2 aromatic carbocycles. The first-order chi connectivity index (χ1) is 13.2. The van der Waals surface area contributed by atoms with Gasteiger partial charge in [0.25, 0.3) is 0 Å². The Bertz CT molecular complexity index is 886. The van der Waals surface area contributed by atoms with Gasteiger partial charge in [-0.15, -0.1) is 0 Å². The monoisotopic (exact) mass is 362 g/mol. The van der Waals surface area contributed by atoms with Crippen LogP contribution in [0.5, 0.6) is 5.75 Å². The summed E-state index contributed by atoms with van der Waals surface area (Å²) < 4.78 is 6.40. The Balaban J connectivity index is 1.63. The summed E-state index contributed by atoms with van der Waals surface area (Å²) in [5, 5.41) is 4.51. The van der Waals surface area contributed by atoms with Crippen LogP contribution in [-0.2, 0) is 0 Å². The van der Waals surface area contributed by atoms with Gasteiger partial charge in [0, 0.05) is 19.1 Å². The van der Waals surface area contributed by atoms with Gasteiger partial charge in [-0.25, -0.2) is 9.97 Å². The molecule has 140 valence electrons. The zero-order chi connectivity index (χ0) is 18.6. The molecule has 1 aliphatic heterocycles. The predicted molar refractivity (Wildman–Crippen MR) is 109 cm³/mol. The number of aromatic nitrogens is 2. The van der Waals surface area contributed by atoms with Crippen LogP contribution in [0.1, 0.15) is 31.4 Å². The highest BCUT2D eigenvalue weighted by Crippen LogP contribution is 2.33. The molecule has 5 nitrogen and oxygen atoms in total. The highest BCUT2D eigenvalue weighted by Gasteiger charge is 2.20. The summed E-state index contributed by atoms with van der Waals surface area (Å²) in [6.45, 7) is 4.29. The maximum Gasteiger partial charge on any atom is 0.141 e. The number of nitrogens with zero attached hydrogens (tertiary/aromatic N) is 3. The Hall–Kier alpha value is -2.66. The van der Waals surface area contributed by atoms with E-state index in [4.69, 9.17) is 4.74 Å². The normalized spacial score (nSPS) is 17.0. The molecule has 1 aliphatic rings. The first kappa shape index (κ1) is 17.7. The molecule has 2 heterocycles. The molecule has 0 aliphatic carbocycles. The average molecular weight is 362 g/mol. The van der Waals surface area contributed by atoms with Crippen molar-refractivity contribution in [1.29, 1.82) is 0 Å². The van der Waals surface area contributed by atoms with Crippen LogP contribution in [0, 0.1) is 0 Å². The number of hydrogen-bond acceptors (Lipinski definition) is 5. The summed E-state index contributed by atoms with van der Waals surface area (Å²) >= 11 is 0. The zero-order valence-electron chi connectivity index (χ0n) is 15.9. The molecule has 1 aromatic heterocycles. The Morgan fingerprint density at radius 2 is 1.81 bits per heavy atom. The van der Waals surface area contributed by atoms with Crippen molar-refractivity contribution in [2.24, 2.45) is 0 Å². The number of fused-ring (bicyclic) bond motifs is 1.